The molecule has 0 aliphatic heterocycles. The third-order valence-corrected chi connectivity index (χ3v) is 4.32. The molecule has 0 atom stereocenters. The molecule has 1 aromatic heterocycles. The van der Waals surface area contributed by atoms with E-state index in [0.717, 1.165) is 22.7 Å². The van der Waals surface area contributed by atoms with Crippen molar-refractivity contribution in [1.82, 2.24) is 9.97 Å². The second-order valence-corrected chi connectivity index (χ2v) is 6.64. The molecular weight excluding hydrogens is 323 g/mol. The van der Waals surface area contributed by atoms with E-state index in [1.165, 1.54) is 18.4 Å². The molecule has 3 rings (SSSR count). The predicted molar refractivity (Wildman–Crippen MR) is 108 cm³/mol. The zero-order valence-corrected chi connectivity index (χ0v) is 15.5. The fourth-order valence-electron chi connectivity index (χ4n) is 2.71. The van der Waals surface area contributed by atoms with Crippen molar-refractivity contribution in [2.45, 2.75) is 26.7 Å². The normalized spacial score (nSPS) is 14.0. The Morgan fingerprint density at radius 2 is 2.15 bits per heavy atom. The summed E-state index contributed by atoms with van der Waals surface area (Å²) in [6.07, 6.45) is 6.15. The van der Waals surface area contributed by atoms with Gasteiger partial charge in [-0.2, -0.15) is 4.98 Å². The molecule has 6 heteroatoms. The molecule has 0 amide bonds. The lowest BCUT2D eigenvalue weighted by molar-refractivity contribution is 0.416. The number of allylic oxidation sites excluding steroid dienone is 2. The monoisotopic (exact) mass is 346 g/mol. The van der Waals surface area contributed by atoms with E-state index in [4.69, 9.17) is 12.6 Å². The van der Waals surface area contributed by atoms with Crippen LogP contribution in [0.25, 0.3) is 0 Å². The van der Waals surface area contributed by atoms with Crippen LogP contribution in [0.2, 0.25) is 0 Å². The molecule has 132 valence electrons. The summed E-state index contributed by atoms with van der Waals surface area (Å²) in [6, 6.07) is 5.87. The van der Waals surface area contributed by atoms with Crippen molar-refractivity contribution in [2.24, 2.45) is 5.92 Å². The Kier molecular flexibility index (Phi) is 5.31. The minimum absolute atomic E-state index is 0.432. The van der Waals surface area contributed by atoms with Crippen LogP contribution in [0, 0.1) is 12.8 Å². The van der Waals surface area contributed by atoms with Crippen molar-refractivity contribution in [3.05, 3.63) is 53.9 Å². The minimum atomic E-state index is 0.432. The molecule has 1 saturated carbocycles. The third kappa shape index (κ3) is 4.45. The predicted octanol–water partition coefficient (Wildman–Crippen LogP) is 3.61. The van der Waals surface area contributed by atoms with Gasteiger partial charge in [-0.25, -0.2) is 4.98 Å². The molecule has 1 aromatic carbocycles. The Morgan fingerprint density at radius 3 is 2.85 bits per heavy atom. The van der Waals surface area contributed by atoms with Gasteiger partial charge in [-0.05, 0) is 61.8 Å². The smallest absolute Gasteiger partial charge is 0.229 e. The van der Waals surface area contributed by atoms with Crippen LogP contribution in [0.15, 0.2) is 48.3 Å². The van der Waals surface area contributed by atoms with Crippen LogP contribution in [0.3, 0.4) is 0 Å². The van der Waals surface area contributed by atoms with Crippen molar-refractivity contribution in [3.63, 3.8) is 0 Å². The Bertz CT molecular complexity index is 859. The van der Waals surface area contributed by atoms with Gasteiger partial charge in [0.2, 0.25) is 5.95 Å². The lowest BCUT2D eigenvalue weighted by Crippen LogP contribution is -2.16. The van der Waals surface area contributed by atoms with Crippen molar-refractivity contribution < 1.29 is 4.74 Å². The maximum atomic E-state index is 6.01. The van der Waals surface area contributed by atoms with Gasteiger partial charge in [0.1, 0.15) is 19.4 Å². The second-order valence-electron chi connectivity index (χ2n) is 6.64. The number of methoxy groups -OCH3 is 1. The van der Waals surface area contributed by atoms with E-state index in [-0.39, 0.29) is 0 Å². The topological polar surface area (TPSA) is 59.1 Å². The van der Waals surface area contributed by atoms with E-state index in [1.807, 2.05) is 25.1 Å². The summed E-state index contributed by atoms with van der Waals surface area (Å²) in [6.45, 7) is 8.19. The highest BCUT2D eigenvalue weighted by Crippen LogP contribution is 2.36. The molecule has 2 aromatic rings. The molecule has 0 spiro atoms. The minimum Gasteiger partial charge on any atom is -0.495 e. The van der Waals surface area contributed by atoms with Gasteiger partial charge >= 0.3 is 0 Å². The molecule has 1 aliphatic carbocycles. The zero-order chi connectivity index (χ0) is 18.7. The number of benzene rings is 1. The average molecular weight is 346 g/mol. The first-order valence-electron chi connectivity index (χ1n) is 8.64. The van der Waals surface area contributed by atoms with E-state index in [0.29, 0.717) is 23.1 Å². The maximum absolute atomic E-state index is 6.01. The Balaban J connectivity index is 1.78. The van der Waals surface area contributed by atoms with Gasteiger partial charge in [-0.1, -0.05) is 18.2 Å². The summed E-state index contributed by atoms with van der Waals surface area (Å²) in [5.41, 5.74) is 4.46. The highest BCUT2D eigenvalue weighted by molar-refractivity contribution is 6.35. The highest BCUT2D eigenvalue weighted by Gasteiger charge is 2.22. The van der Waals surface area contributed by atoms with E-state index in [1.54, 1.807) is 13.3 Å². The molecule has 0 unspecified atom stereocenters. The summed E-state index contributed by atoms with van der Waals surface area (Å²) in [5, 5.41) is 6.36. The molecule has 1 fully saturated rings. The van der Waals surface area contributed by atoms with E-state index in [9.17, 15) is 0 Å². The van der Waals surface area contributed by atoms with Crippen LogP contribution < -0.4 is 20.8 Å². The molecule has 0 bridgehead atoms. The fraction of sp³-hybridized carbons (Fsp3) is 0.300. The van der Waals surface area contributed by atoms with Crippen LogP contribution in [0.5, 0.6) is 5.75 Å². The SMILES string of the molecule is [B]c1cnc(Nc2cc(C)ccc2OC)nc1NC(=C)/C=C(\C)C1CC1. The summed E-state index contributed by atoms with van der Waals surface area (Å²) in [4.78, 5) is 8.73. The fourth-order valence-corrected chi connectivity index (χ4v) is 2.71. The molecule has 0 saturated heterocycles. The van der Waals surface area contributed by atoms with Crippen molar-refractivity contribution >= 4 is 30.8 Å². The number of nitrogens with zero attached hydrogens (tertiary/aromatic N) is 2. The Morgan fingerprint density at radius 1 is 1.38 bits per heavy atom. The standard InChI is InChI=1S/C20H23BN4O/c1-12-5-8-18(26-4)17(9-12)24-20-22-11-16(21)19(25-20)23-14(3)10-13(2)15-6-7-15/h5,8-11,15H,3,6-7H2,1-2,4H3,(H2,22,23,24,25)/b13-10+. The number of anilines is 3. The van der Waals surface area contributed by atoms with Crippen LogP contribution in [0.1, 0.15) is 25.3 Å². The van der Waals surface area contributed by atoms with Gasteiger partial charge in [0.15, 0.2) is 0 Å². The van der Waals surface area contributed by atoms with Crippen molar-refractivity contribution in [3.8, 4) is 5.75 Å². The molecular formula is C20H23BN4O. The highest BCUT2D eigenvalue weighted by atomic mass is 16.5. The lowest BCUT2D eigenvalue weighted by atomic mass is 9.99. The zero-order valence-electron chi connectivity index (χ0n) is 15.5. The van der Waals surface area contributed by atoms with Gasteiger partial charge in [0.25, 0.3) is 0 Å². The Hall–Kier alpha value is -2.76. The Labute approximate surface area is 156 Å². The van der Waals surface area contributed by atoms with Crippen LogP contribution in [0.4, 0.5) is 17.5 Å². The first-order valence-corrected chi connectivity index (χ1v) is 8.64. The quantitative estimate of drug-likeness (QED) is 0.592. The van der Waals surface area contributed by atoms with Crippen molar-refractivity contribution in [2.75, 3.05) is 17.7 Å². The first-order chi connectivity index (χ1) is 12.5. The summed E-state index contributed by atoms with van der Waals surface area (Å²) in [7, 11) is 7.64. The van der Waals surface area contributed by atoms with Gasteiger partial charge < -0.3 is 15.4 Å². The summed E-state index contributed by atoms with van der Waals surface area (Å²) < 4.78 is 5.38. The van der Waals surface area contributed by atoms with Crippen LogP contribution in [-0.4, -0.2) is 24.9 Å². The maximum Gasteiger partial charge on any atom is 0.229 e. The lowest BCUT2D eigenvalue weighted by Gasteiger charge is -2.14. The van der Waals surface area contributed by atoms with Gasteiger partial charge in [0.05, 0.1) is 12.8 Å². The van der Waals surface area contributed by atoms with Gasteiger partial charge in [0, 0.05) is 11.9 Å². The van der Waals surface area contributed by atoms with Crippen LogP contribution in [-0.2, 0) is 0 Å². The van der Waals surface area contributed by atoms with Gasteiger partial charge in [-0.3, -0.25) is 0 Å². The summed E-state index contributed by atoms with van der Waals surface area (Å²) >= 11 is 0. The van der Waals surface area contributed by atoms with Crippen LogP contribution >= 0.6 is 0 Å². The number of aryl methyl sites for hydroxylation is 1. The van der Waals surface area contributed by atoms with E-state index >= 15 is 0 Å². The molecule has 2 radical (unpaired) electrons. The largest absolute Gasteiger partial charge is 0.495 e. The molecule has 5 nitrogen and oxygen atoms in total. The number of hydrogen-bond donors (Lipinski definition) is 2. The number of rotatable bonds is 7. The molecule has 1 heterocycles. The summed E-state index contributed by atoms with van der Waals surface area (Å²) in [5.74, 6) is 2.38. The molecule has 26 heavy (non-hydrogen) atoms. The van der Waals surface area contributed by atoms with E-state index < -0.39 is 0 Å². The second kappa shape index (κ2) is 7.64. The number of hydrogen-bond acceptors (Lipinski definition) is 5. The number of nitrogens with one attached hydrogen (secondary N) is 2. The number of aromatic nitrogens is 2. The number of ether oxygens (including phenoxy) is 1. The van der Waals surface area contributed by atoms with E-state index in [2.05, 4.69) is 40.2 Å². The molecule has 1 aliphatic rings. The molecule has 2 N–H and O–H groups in total. The average Bonchev–Trinajstić information content (AvgIpc) is 3.43. The van der Waals surface area contributed by atoms with Crippen molar-refractivity contribution in [1.29, 1.82) is 0 Å². The van der Waals surface area contributed by atoms with Gasteiger partial charge in [-0.15, -0.1) is 0 Å². The third-order valence-electron chi connectivity index (χ3n) is 4.32. The first kappa shape index (κ1) is 18.0.